The molecule has 2 aromatic rings. The van der Waals surface area contributed by atoms with E-state index in [-0.39, 0.29) is 5.82 Å². The summed E-state index contributed by atoms with van der Waals surface area (Å²) < 4.78 is 18.3. The minimum atomic E-state index is -0.238. The number of nitrogens with one attached hydrogen (secondary N) is 1. The number of hydrogen-bond acceptors (Lipinski definition) is 2. The van der Waals surface area contributed by atoms with E-state index in [0.29, 0.717) is 5.92 Å². The SMILES string of the molecule is Fc1ccc(Nc2ccccc2C#CC2CCOCC2)cc1. The molecule has 22 heavy (non-hydrogen) atoms. The second-order valence-electron chi connectivity index (χ2n) is 5.33. The van der Waals surface area contributed by atoms with Crippen molar-refractivity contribution in [3.8, 4) is 11.8 Å². The van der Waals surface area contributed by atoms with E-state index < -0.39 is 0 Å². The molecule has 2 nitrogen and oxygen atoms in total. The number of rotatable bonds is 2. The lowest BCUT2D eigenvalue weighted by Crippen LogP contribution is -2.13. The lowest BCUT2D eigenvalue weighted by atomic mass is 10.0. The quantitative estimate of drug-likeness (QED) is 0.832. The second-order valence-corrected chi connectivity index (χ2v) is 5.33. The first-order valence-corrected chi connectivity index (χ1v) is 7.52. The molecule has 1 fully saturated rings. The zero-order valence-electron chi connectivity index (χ0n) is 12.3. The van der Waals surface area contributed by atoms with Crippen LogP contribution in [-0.4, -0.2) is 13.2 Å². The molecule has 2 aromatic carbocycles. The van der Waals surface area contributed by atoms with E-state index in [1.54, 1.807) is 12.1 Å². The molecule has 0 bridgehead atoms. The van der Waals surface area contributed by atoms with Crippen LogP contribution in [0.5, 0.6) is 0 Å². The zero-order valence-corrected chi connectivity index (χ0v) is 12.3. The third kappa shape index (κ3) is 3.87. The molecule has 1 N–H and O–H groups in total. The Morgan fingerprint density at radius 1 is 1.00 bits per heavy atom. The van der Waals surface area contributed by atoms with Crippen LogP contribution in [0.4, 0.5) is 15.8 Å². The molecule has 1 saturated heterocycles. The first-order chi connectivity index (χ1) is 10.8. The van der Waals surface area contributed by atoms with Crippen LogP contribution in [0.1, 0.15) is 18.4 Å². The van der Waals surface area contributed by atoms with Gasteiger partial charge in [-0.2, -0.15) is 0 Å². The predicted molar refractivity (Wildman–Crippen MR) is 86.5 cm³/mol. The van der Waals surface area contributed by atoms with Crippen molar-refractivity contribution in [3.05, 3.63) is 59.9 Å². The van der Waals surface area contributed by atoms with Gasteiger partial charge in [0.05, 0.1) is 5.69 Å². The summed E-state index contributed by atoms with van der Waals surface area (Å²) in [5.74, 6) is 6.79. The van der Waals surface area contributed by atoms with E-state index >= 15 is 0 Å². The average molecular weight is 295 g/mol. The van der Waals surface area contributed by atoms with E-state index in [2.05, 4.69) is 17.2 Å². The van der Waals surface area contributed by atoms with Crippen molar-refractivity contribution in [2.75, 3.05) is 18.5 Å². The van der Waals surface area contributed by atoms with Crippen molar-refractivity contribution in [1.82, 2.24) is 0 Å². The molecule has 0 spiro atoms. The van der Waals surface area contributed by atoms with Gasteiger partial charge in [0.1, 0.15) is 5.82 Å². The number of hydrogen-bond donors (Lipinski definition) is 1. The number of ether oxygens (including phenoxy) is 1. The monoisotopic (exact) mass is 295 g/mol. The standard InChI is InChI=1S/C19H18FNO/c20-17-7-9-18(10-8-17)21-19-4-2-1-3-16(19)6-5-15-11-13-22-14-12-15/h1-4,7-10,15,21H,11-14H2. The van der Waals surface area contributed by atoms with Crippen molar-refractivity contribution in [2.45, 2.75) is 12.8 Å². The van der Waals surface area contributed by atoms with Gasteiger partial charge in [0.15, 0.2) is 0 Å². The molecular formula is C19H18FNO. The smallest absolute Gasteiger partial charge is 0.123 e. The third-order valence-electron chi connectivity index (χ3n) is 3.68. The maximum atomic E-state index is 13.0. The van der Waals surface area contributed by atoms with Crippen LogP contribution in [0, 0.1) is 23.6 Å². The van der Waals surface area contributed by atoms with Gasteiger partial charge in [0.2, 0.25) is 0 Å². The number of anilines is 2. The Balaban J connectivity index is 1.77. The maximum Gasteiger partial charge on any atom is 0.123 e. The largest absolute Gasteiger partial charge is 0.381 e. The lowest BCUT2D eigenvalue weighted by Gasteiger charge is -2.16. The summed E-state index contributed by atoms with van der Waals surface area (Å²) in [7, 11) is 0. The number of halogens is 1. The molecule has 0 atom stereocenters. The average Bonchev–Trinajstić information content (AvgIpc) is 2.57. The first kappa shape index (κ1) is 14.6. The van der Waals surface area contributed by atoms with Crippen LogP contribution in [-0.2, 0) is 4.74 Å². The van der Waals surface area contributed by atoms with Gasteiger partial charge < -0.3 is 10.1 Å². The fourth-order valence-corrected chi connectivity index (χ4v) is 2.41. The van der Waals surface area contributed by atoms with Crippen LogP contribution in [0.3, 0.4) is 0 Å². The highest BCUT2D eigenvalue weighted by molar-refractivity contribution is 5.67. The fourth-order valence-electron chi connectivity index (χ4n) is 2.41. The molecule has 0 aromatic heterocycles. The van der Waals surface area contributed by atoms with Crippen molar-refractivity contribution in [1.29, 1.82) is 0 Å². The maximum absolute atomic E-state index is 13.0. The molecular weight excluding hydrogens is 277 g/mol. The molecule has 0 amide bonds. The molecule has 1 heterocycles. The van der Waals surface area contributed by atoms with Gasteiger partial charge in [0.25, 0.3) is 0 Å². The van der Waals surface area contributed by atoms with E-state index in [0.717, 1.165) is 43.0 Å². The highest BCUT2D eigenvalue weighted by Crippen LogP contribution is 2.21. The van der Waals surface area contributed by atoms with Gasteiger partial charge >= 0.3 is 0 Å². The van der Waals surface area contributed by atoms with Gasteiger partial charge in [0, 0.05) is 30.4 Å². The molecule has 3 rings (SSSR count). The summed E-state index contributed by atoms with van der Waals surface area (Å²) in [6, 6.07) is 14.2. The lowest BCUT2D eigenvalue weighted by molar-refractivity contribution is 0.0807. The Morgan fingerprint density at radius 3 is 2.50 bits per heavy atom. The minimum absolute atomic E-state index is 0.238. The minimum Gasteiger partial charge on any atom is -0.381 e. The Hall–Kier alpha value is -2.31. The third-order valence-corrected chi connectivity index (χ3v) is 3.68. The summed E-state index contributed by atoms with van der Waals surface area (Å²) in [4.78, 5) is 0. The van der Waals surface area contributed by atoms with Gasteiger partial charge in [-0.25, -0.2) is 4.39 Å². The highest BCUT2D eigenvalue weighted by Gasteiger charge is 2.10. The summed E-state index contributed by atoms with van der Waals surface area (Å²) in [6.07, 6.45) is 2.00. The molecule has 112 valence electrons. The Labute approximate surface area is 130 Å². The van der Waals surface area contributed by atoms with Crippen LogP contribution in [0.15, 0.2) is 48.5 Å². The number of benzene rings is 2. The predicted octanol–water partition coefficient (Wildman–Crippen LogP) is 4.35. The molecule has 0 radical (unpaired) electrons. The topological polar surface area (TPSA) is 21.3 Å². The van der Waals surface area contributed by atoms with Crippen LogP contribution < -0.4 is 5.32 Å². The van der Waals surface area contributed by atoms with E-state index in [1.165, 1.54) is 12.1 Å². The fraction of sp³-hybridized carbons (Fsp3) is 0.263. The van der Waals surface area contributed by atoms with Crippen LogP contribution in [0.25, 0.3) is 0 Å². The molecule has 0 aliphatic carbocycles. The second kappa shape index (κ2) is 7.11. The molecule has 1 aliphatic rings. The van der Waals surface area contributed by atoms with Crippen molar-refractivity contribution in [3.63, 3.8) is 0 Å². The van der Waals surface area contributed by atoms with Crippen LogP contribution in [0.2, 0.25) is 0 Å². The van der Waals surface area contributed by atoms with E-state index in [9.17, 15) is 4.39 Å². The van der Waals surface area contributed by atoms with Crippen molar-refractivity contribution in [2.24, 2.45) is 5.92 Å². The van der Waals surface area contributed by atoms with Gasteiger partial charge in [-0.3, -0.25) is 0 Å². The first-order valence-electron chi connectivity index (χ1n) is 7.52. The van der Waals surface area contributed by atoms with Gasteiger partial charge in [-0.1, -0.05) is 24.0 Å². The molecule has 1 aliphatic heterocycles. The normalized spacial score (nSPS) is 15.0. The molecule has 0 unspecified atom stereocenters. The Morgan fingerprint density at radius 2 is 1.73 bits per heavy atom. The molecule has 3 heteroatoms. The summed E-state index contributed by atoms with van der Waals surface area (Å²) in [5.41, 5.74) is 2.74. The van der Waals surface area contributed by atoms with Gasteiger partial charge in [-0.05, 0) is 49.2 Å². The highest BCUT2D eigenvalue weighted by atomic mass is 19.1. The Kier molecular flexibility index (Phi) is 4.72. The number of para-hydroxylation sites is 1. The summed E-state index contributed by atoms with van der Waals surface area (Å²) >= 11 is 0. The van der Waals surface area contributed by atoms with Crippen molar-refractivity contribution >= 4 is 11.4 Å². The summed E-state index contributed by atoms with van der Waals surface area (Å²) in [6.45, 7) is 1.60. The molecule has 0 saturated carbocycles. The Bertz CT molecular complexity index is 679. The van der Waals surface area contributed by atoms with Crippen molar-refractivity contribution < 1.29 is 9.13 Å². The van der Waals surface area contributed by atoms with E-state index in [1.807, 2.05) is 24.3 Å². The summed E-state index contributed by atoms with van der Waals surface area (Å²) in [5, 5.41) is 3.29. The van der Waals surface area contributed by atoms with Crippen LogP contribution >= 0.6 is 0 Å². The van der Waals surface area contributed by atoms with Gasteiger partial charge in [-0.15, -0.1) is 0 Å². The zero-order chi connectivity index (χ0) is 15.2. The van der Waals surface area contributed by atoms with E-state index in [4.69, 9.17) is 4.74 Å².